The summed E-state index contributed by atoms with van der Waals surface area (Å²) in [5.41, 5.74) is 0. The Labute approximate surface area is 116 Å². The van der Waals surface area contributed by atoms with E-state index < -0.39 is 0 Å². The summed E-state index contributed by atoms with van der Waals surface area (Å²) in [5.74, 6) is 0.917. The van der Waals surface area contributed by atoms with Gasteiger partial charge in [0.1, 0.15) is 12.1 Å². The van der Waals surface area contributed by atoms with Crippen LogP contribution in [-0.4, -0.2) is 35.3 Å². The van der Waals surface area contributed by atoms with Gasteiger partial charge in [-0.25, -0.2) is 0 Å². The molecule has 0 saturated carbocycles. The molecule has 0 radical (unpaired) electrons. The number of amides is 2. The smallest absolute Gasteiger partial charge is 0.245 e. The van der Waals surface area contributed by atoms with Crippen LogP contribution in [-0.2, 0) is 9.59 Å². The maximum absolute atomic E-state index is 12.3. The lowest BCUT2D eigenvalue weighted by molar-refractivity contribution is -0.150. The third-order valence-electron chi connectivity index (χ3n) is 3.68. The number of rotatable bonds is 6. The summed E-state index contributed by atoms with van der Waals surface area (Å²) >= 11 is 0. The first-order chi connectivity index (χ1) is 8.86. The Morgan fingerprint density at radius 3 is 2.42 bits per heavy atom. The van der Waals surface area contributed by atoms with Gasteiger partial charge in [-0.15, -0.1) is 0 Å². The highest BCUT2D eigenvalue weighted by Gasteiger charge is 2.38. The van der Waals surface area contributed by atoms with E-state index in [1.54, 1.807) is 6.92 Å². The fourth-order valence-electron chi connectivity index (χ4n) is 2.73. The molecule has 19 heavy (non-hydrogen) atoms. The molecule has 0 aromatic rings. The molecule has 4 heteroatoms. The molecule has 0 aromatic heterocycles. The first-order valence-corrected chi connectivity index (χ1v) is 7.47. The molecule has 1 fully saturated rings. The van der Waals surface area contributed by atoms with Crippen molar-refractivity contribution in [1.29, 1.82) is 0 Å². The van der Waals surface area contributed by atoms with Crippen molar-refractivity contribution in [2.75, 3.05) is 6.54 Å². The number of nitrogens with zero attached hydrogens (tertiary/aromatic N) is 1. The molecule has 3 atom stereocenters. The van der Waals surface area contributed by atoms with Crippen molar-refractivity contribution in [3.63, 3.8) is 0 Å². The lowest BCUT2D eigenvalue weighted by Crippen LogP contribution is -2.63. The molecule has 1 aliphatic rings. The van der Waals surface area contributed by atoms with Crippen LogP contribution < -0.4 is 5.32 Å². The van der Waals surface area contributed by atoms with E-state index in [1.807, 2.05) is 4.90 Å². The van der Waals surface area contributed by atoms with Gasteiger partial charge in [-0.1, -0.05) is 34.1 Å². The summed E-state index contributed by atoms with van der Waals surface area (Å²) in [6.07, 6.45) is 2.94. The summed E-state index contributed by atoms with van der Waals surface area (Å²) in [4.78, 5) is 26.3. The summed E-state index contributed by atoms with van der Waals surface area (Å²) in [7, 11) is 0. The summed E-state index contributed by atoms with van der Waals surface area (Å²) < 4.78 is 0. The minimum Gasteiger partial charge on any atom is -0.343 e. The van der Waals surface area contributed by atoms with Gasteiger partial charge in [0.05, 0.1) is 0 Å². The van der Waals surface area contributed by atoms with E-state index in [0.717, 1.165) is 19.3 Å². The highest BCUT2D eigenvalue weighted by Crippen LogP contribution is 2.20. The maximum atomic E-state index is 12.3. The Hall–Kier alpha value is -1.06. The van der Waals surface area contributed by atoms with Crippen molar-refractivity contribution in [1.82, 2.24) is 10.2 Å². The Morgan fingerprint density at radius 1 is 1.26 bits per heavy atom. The SMILES string of the molecule is CCCC(C)CN1C(=O)C(C)NC(=O)C1CC(C)C. The third kappa shape index (κ3) is 4.22. The molecule has 1 rings (SSSR count). The zero-order valence-corrected chi connectivity index (χ0v) is 12.9. The van der Waals surface area contributed by atoms with Crippen molar-refractivity contribution in [3.05, 3.63) is 0 Å². The molecule has 1 N–H and O–H groups in total. The van der Waals surface area contributed by atoms with Crippen LogP contribution in [0.25, 0.3) is 0 Å². The molecule has 0 spiro atoms. The van der Waals surface area contributed by atoms with Crippen molar-refractivity contribution < 1.29 is 9.59 Å². The Bertz CT molecular complexity index is 328. The number of hydrogen-bond donors (Lipinski definition) is 1. The predicted octanol–water partition coefficient (Wildman–Crippen LogP) is 2.18. The Kier molecular flexibility index (Phi) is 5.83. The standard InChI is InChI=1S/C15H28N2O2/c1-6-7-11(4)9-17-13(8-10(2)3)14(18)16-12(5)15(17)19/h10-13H,6-9H2,1-5H3,(H,16,18). The molecule has 0 bridgehead atoms. The second-order valence-corrected chi connectivity index (χ2v) is 6.26. The molecular formula is C15H28N2O2. The molecule has 1 saturated heterocycles. The van der Waals surface area contributed by atoms with Crippen LogP contribution in [0.4, 0.5) is 0 Å². The van der Waals surface area contributed by atoms with Crippen LogP contribution in [0.2, 0.25) is 0 Å². The number of hydrogen-bond acceptors (Lipinski definition) is 2. The molecule has 2 amide bonds. The highest BCUT2D eigenvalue weighted by molar-refractivity contribution is 5.96. The van der Waals surface area contributed by atoms with E-state index in [4.69, 9.17) is 0 Å². The van der Waals surface area contributed by atoms with E-state index >= 15 is 0 Å². The largest absolute Gasteiger partial charge is 0.343 e. The lowest BCUT2D eigenvalue weighted by atomic mass is 9.96. The van der Waals surface area contributed by atoms with E-state index in [-0.39, 0.29) is 23.9 Å². The molecule has 0 aromatic carbocycles. The topological polar surface area (TPSA) is 49.4 Å². The van der Waals surface area contributed by atoms with Gasteiger partial charge in [-0.05, 0) is 31.6 Å². The van der Waals surface area contributed by atoms with Crippen LogP contribution in [0.1, 0.15) is 53.9 Å². The first kappa shape index (κ1) is 16.0. The molecule has 110 valence electrons. The first-order valence-electron chi connectivity index (χ1n) is 7.47. The van der Waals surface area contributed by atoms with Gasteiger partial charge in [-0.2, -0.15) is 0 Å². The lowest BCUT2D eigenvalue weighted by Gasteiger charge is -2.40. The van der Waals surface area contributed by atoms with Gasteiger partial charge in [0.15, 0.2) is 0 Å². The van der Waals surface area contributed by atoms with Gasteiger partial charge >= 0.3 is 0 Å². The van der Waals surface area contributed by atoms with Gasteiger partial charge in [0.2, 0.25) is 11.8 Å². The third-order valence-corrected chi connectivity index (χ3v) is 3.68. The van der Waals surface area contributed by atoms with Crippen molar-refractivity contribution in [2.45, 2.75) is 66.0 Å². The Morgan fingerprint density at radius 2 is 1.89 bits per heavy atom. The number of carbonyl (C=O) groups is 2. The predicted molar refractivity (Wildman–Crippen MR) is 76.6 cm³/mol. The average molecular weight is 268 g/mol. The fraction of sp³-hybridized carbons (Fsp3) is 0.867. The maximum Gasteiger partial charge on any atom is 0.245 e. The quantitative estimate of drug-likeness (QED) is 0.802. The zero-order valence-electron chi connectivity index (χ0n) is 12.9. The number of piperazine rings is 1. The van der Waals surface area contributed by atoms with E-state index in [9.17, 15) is 9.59 Å². The molecule has 1 aliphatic heterocycles. The minimum atomic E-state index is -0.385. The fourth-order valence-corrected chi connectivity index (χ4v) is 2.73. The van der Waals surface area contributed by atoms with Gasteiger partial charge in [0, 0.05) is 6.54 Å². The van der Waals surface area contributed by atoms with Gasteiger partial charge < -0.3 is 10.2 Å². The Balaban J connectivity index is 2.82. The molecule has 3 unspecified atom stereocenters. The molecular weight excluding hydrogens is 240 g/mol. The monoisotopic (exact) mass is 268 g/mol. The van der Waals surface area contributed by atoms with E-state index in [1.165, 1.54) is 0 Å². The van der Waals surface area contributed by atoms with Crippen LogP contribution in [0.5, 0.6) is 0 Å². The minimum absolute atomic E-state index is 0.00417. The van der Waals surface area contributed by atoms with Crippen LogP contribution >= 0.6 is 0 Å². The summed E-state index contributed by atoms with van der Waals surface area (Å²) in [6.45, 7) is 10.9. The normalized spacial score (nSPS) is 25.7. The van der Waals surface area contributed by atoms with Crippen molar-refractivity contribution in [3.8, 4) is 0 Å². The molecule has 1 heterocycles. The van der Waals surface area contributed by atoms with Gasteiger partial charge in [-0.3, -0.25) is 9.59 Å². The second kappa shape index (κ2) is 6.92. The zero-order chi connectivity index (χ0) is 14.6. The molecule has 0 aliphatic carbocycles. The molecule has 4 nitrogen and oxygen atoms in total. The number of nitrogens with one attached hydrogen (secondary N) is 1. The van der Waals surface area contributed by atoms with Crippen LogP contribution in [0.15, 0.2) is 0 Å². The average Bonchev–Trinajstić information content (AvgIpc) is 2.30. The highest BCUT2D eigenvalue weighted by atomic mass is 16.2. The van der Waals surface area contributed by atoms with Gasteiger partial charge in [0.25, 0.3) is 0 Å². The number of carbonyl (C=O) groups excluding carboxylic acids is 2. The second-order valence-electron chi connectivity index (χ2n) is 6.26. The van der Waals surface area contributed by atoms with Crippen molar-refractivity contribution >= 4 is 11.8 Å². The van der Waals surface area contributed by atoms with E-state index in [2.05, 4.69) is 33.0 Å². The van der Waals surface area contributed by atoms with E-state index in [0.29, 0.717) is 18.4 Å². The van der Waals surface area contributed by atoms with Crippen molar-refractivity contribution in [2.24, 2.45) is 11.8 Å². The summed E-state index contributed by atoms with van der Waals surface area (Å²) in [6, 6.07) is -0.673. The van der Waals surface area contributed by atoms with Crippen LogP contribution in [0, 0.1) is 11.8 Å². The summed E-state index contributed by atoms with van der Waals surface area (Å²) in [5, 5.41) is 2.79. The van der Waals surface area contributed by atoms with Crippen LogP contribution in [0.3, 0.4) is 0 Å².